The molecule has 2 aromatic carbocycles. The summed E-state index contributed by atoms with van der Waals surface area (Å²) in [5, 5.41) is 9.68. The number of nitrogens with zero attached hydrogens (tertiary/aromatic N) is 2. The van der Waals surface area contributed by atoms with Crippen molar-refractivity contribution in [3.63, 3.8) is 0 Å². The first kappa shape index (κ1) is 22.4. The predicted molar refractivity (Wildman–Crippen MR) is 117 cm³/mol. The molecule has 0 atom stereocenters. The predicted octanol–water partition coefficient (Wildman–Crippen LogP) is 4.62. The molecule has 0 saturated heterocycles. The first-order valence-electron chi connectivity index (χ1n) is 9.85. The fraction of sp³-hybridized carbons (Fsp3) is 0.208. The molecule has 0 bridgehead atoms. The number of benzene rings is 2. The first-order valence-corrected chi connectivity index (χ1v) is 10.2. The van der Waals surface area contributed by atoms with Crippen LogP contribution in [0.25, 0.3) is 0 Å². The Morgan fingerprint density at radius 1 is 1.00 bits per heavy atom. The highest BCUT2D eigenvalue weighted by Gasteiger charge is 2.18. The molecule has 0 aliphatic rings. The summed E-state index contributed by atoms with van der Waals surface area (Å²) in [7, 11) is 0. The summed E-state index contributed by atoms with van der Waals surface area (Å²) in [5.74, 6) is -1.57. The quantitative estimate of drug-likeness (QED) is 0.527. The van der Waals surface area contributed by atoms with Crippen molar-refractivity contribution in [2.45, 2.75) is 19.3 Å². The Bertz CT molecular complexity index is 1070. The van der Waals surface area contributed by atoms with Crippen LogP contribution in [-0.2, 0) is 17.6 Å². The molecule has 1 N–H and O–H groups in total. The highest BCUT2D eigenvalue weighted by molar-refractivity contribution is 6.30. The number of aliphatic carboxylic acids is 1. The van der Waals surface area contributed by atoms with Crippen molar-refractivity contribution in [3.05, 3.63) is 100 Å². The number of carboxylic acid groups (broad SMARTS) is 1. The van der Waals surface area contributed by atoms with Gasteiger partial charge in [0, 0.05) is 42.0 Å². The Kier molecular flexibility index (Phi) is 7.73. The van der Waals surface area contributed by atoms with E-state index in [2.05, 4.69) is 4.98 Å². The van der Waals surface area contributed by atoms with Crippen LogP contribution in [0.2, 0.25) is 5.02 Å². The number of rotatable bonds is 9. The summed E-state index contributed by atoms with van der Waals surface area (Å²) in [4.78, 5) is 30.0. The number of carboxylic acids is 1. The summed E-state index contributed by atoms with van der Waals surface area (Å²) in [6, 6.07) is 16.8. The van der Waals surface area contributed by atoms with Crippen LogP contribution in [0.1, 0.15) is 33.6 Å². The third kappa shape index (κ3) is 6.89. The standard InChI is InChI=1S/C24H22ClFN2O3/c25-20-5-1-3-17(13-20)8-11-28(12-9-23(29)30)24(31)19-7-10-27-22(16-19)15-18-4-2-6-21(26)14-18/h1-7,10,13-14,16H,8-9,11-12,15H2,(H,29,30). The van der Waals surface area contributed by atoms with Gasteiger partial charge in [0.15, 0.2) is 0 Å². The first-order chi connectivity index (χ1) is 14.9. The third-order valence-electron chi connectivity index (χ3n) is 4.78. The molecule has 0 aliphatic carbocycles. The molecule has 160 valence electrons. The van der Waals surface area contributed by atoms with Crippen LogP contribution in [0.4, 0.5) is 4.39 Å². The van der Waals surface area contributed by atoms with Crippen LogP contribution >= 0.6 is 11.6 Å². The largest absolute Gasteiger partial charge is 0.481 e. The van der Waals surface area contributed by atoms with Gasteiger partial charge in [-0.05, 0) is 53.9 Å². The van der Waals surface area contributed by atoms with Gasteiger partial charge in [-0.25, -0.2) is 4.39 Å². The molecular formula is C24H22ClFN2O3. The van der Waals surface area contributed by atoms with Gasteiger partial charge in [-0.15, -0.1) is 0 Å². The topological polar surface area (TPSA) is 70.5 Å². The van der Waals surface area contributed by atoms with Gasteiger partial charge in [0.2, 0.25) is 0 Å². The van der Waals surface area contributed by atoms with E-state index >= 15 is 0 Å². The van der Waals surface area contributed by atoms with E-state index in [4.69, 9.17) is 16.7 Å². The maximum Gasteiger partial charge on any atom is 0.305 e. The van der Waals surface area contributed by atoms with E-state index < -0.39 is 5.97 Å². The van der Waals surface area contributed by atoms with Crippen LogP contribution in [0.3, 0.4) is 0 Å². The molecule has 0 fully saturated rings. The van der Waals surface area contributed by atoms with Crippen LogP contribution in [-0.4, -0.2) is 40.0 Å². The van der Waals surface area contributed by atoms with Gasteiger partial charge >= 0.3 is 5.97 Å². The summed E-state index contributed by atoms with van der Waals surface area (Å²) in [5.41, 5.74) is 2.75. The number of carbonyl (C=O) groups is 2. The minimum atomic E-state index is -0.970. The van der Waals surface area contributed by atoms with Gasteiger partial charge in [0.1, 0.15) is 5.82 Å². The van der Waals surface area contributed by atoms with Crippen molar-refractivity contribution in [1.82, 2.24) is 9.88 Å². The molecule has 0 saturated carbocycles. The summed E-state index contributed by atoms with van der Waals surface area (Å²) >= 11 is 6.03. The van der Waals surface area contributed by atoms with Crippen molar-refractivity contribution in [2.75, 3.05) is 13.1 Å². The van der Waals surface area contributed by atoms with Crippen LogP contribution < -0.4 is 0 Å². The van der Waals surface area contributed by atoms with Gasteiger partial charge in [-0.3, -0.25) is 14.6 Å². The van der Waals surface area contributed by atoms with Crippen molar-refractivity contribution in [2.24, 2.45) is 0 Å². The SMILES string of the molecule is O=C(O)CCN(CCc1cccc(Cl)c1)C(=O)c1ccnc(Cc2cccc(F)c2)c1. The van der Waals surface area contributed by atoms with Crippen LogP contribution in [0.5, 0.6) is 0 Å². The fourth-order valence-electron chi connectivity index (χ4n) is 3.25. The average molecular weight is 441 g/mol. The fourth-order valence-corrected chi connectivity index (χ4v) is 3.46. The van der Waals surface area contributed by atoms with Crippen LogP contribution in [0.15, 0.2) is 66.9 Å². The minimum Gasteiger partial charge on any atom is -0.481 e. The van der Waals surface area contributed by atoms with Gasteiger partial charge in [-0.1, -0.05) is 35.9 Å². The van der Waals surface area contributed by atoms with Crippen molar-refractivity contribution >= 4 is 23.5 Å². The number of hydrogen-bond donors (Lipinski definition) is 1. The van der Waals surface area contributed by atoms with Gasteiger partial charge in [0.25, 0.3) is 5.91 Å². The number of aromatic nitrogens is 1. The van der Waals surface area contributed by atoms with E-state index in [1.807, 2.05) is 18.2 Å². The Morgan fingerprint density at radius 2 is 1.77 bits per heavy atom. The lowest BCUT2D eigenvalue weighted by Gasteiger charge is -2.22. The lowest BCUT2D eigenvalue weighted by Crippen LogP contribution is -2.35. The second-order valence-electron chi connectivity index (χ2n) is 7.16. The summed E-state index contributed by atoms with van der Waals surface area (Å²) < 4.78 is 13.4. The zero-order chi connectivity index (χ0) is 22.2. The highest BCUT2D eigenvalue weighted by atomic mass is 35.5. The van der Waals surface area contributed by atoms with Gasteiger partial charge < -0.3 is 10.0 Å². The Hall–Kier alpha value is -3.25. The maximum atomic E-state index is 13.4. The zero-order valence-corrected chi connectivity index (χ0v) is 17.6. The molecule has 0 radical (unpaired) electrons. The molecule has 1 aromatic heterocycles. The smallest absolute Gasteiger partial charge is 0.305 e. The van der Waals surface area contributed by atoms with Gasteiger partial charge in [-0.2, -0.15) is 0 Å². The molecule has 1 heterocycles. The lowest BCUT2D eigenvalue weighted by molar-refractivity contribution is -0.137. The number of hydrogen-bond acceptors (Lipinski definition) is 3. The second kappa shape index (κ2) is 10.7. The molecular weight excluding hydrogens is 419 g/mol. The normalized spacial score (nSPS) is 10.6. The molecule has 3 rings (SSSR count). The molecule has 3 aromatic rings. The number of carbonyl (C=O) groups excluding carboxylic acids is 1. The van der Waals surface area contributed by atoms with E-state index in [1.54, 1.807) is 30.3 Å². The van der Waals surface area contributed by atoms with Crippen molar-refractivity contribution in [1.29, 1.82) is 0 Å². The Balaban J connectivity index is 1.75. The van der Waals surface area contributed by atoms with E-state index in [0.29, 0.717) is 35.7 Å². The Labute approximate surface area is 185 Å². The third-order valence-corrected chi connectivity index (χ3v) is 5.02. The molecule has 0 aliphatic heterocycles. The van der Waals surface area contributed by atoms with Gasteiger partial charge in [0.05, 0.1) is 6.42 Å². The highest BCUT2D eigenvalue weighted by Crippen LogP contribution is 2.15. The maximum absolute atomic E-state index is 13.4. The average Bonchev–Trinajstić information content (AvgIpc) is 2.73. The lowest BCUT2D eigenvalue weighted by atomic mass is 10.1. The molecule has 31 heavy (non-hydrogen) atoms. The Morgan fingerprint density at radius 3 is 2.52 bits per heavy atom. The van der Waals surface area contributed by atoms with Crippen LogP contribution in [0, 0.1) is 5.82 Å². The zero-order valence-electron chi connectivity index (χ0n) is 16.8. The molecule has 1 amide bonds. The van der Waals surface area contributed by atoms with E-state index in [-0.39, 0.29) is 24.7 Å². The van der Waals surface area contributed by atoms with E-state index in [0.717, 1.165) is 11.1 Å². The molecule has 5 nitrogen and oxygen atoms in total. The monoisotopic (exact) mass is 440 g/mol. The summed E-state index contributed by atoms with van der Waals surface area (Å²) in [6.45, 7) is 0.449. The number of halogens is 2. The van der Waals surface area contributed by atoms with Crippen molar-refractivity contribution < 1.29 is 19.1 Å². The number of pyridine rings is 1. The second-order valence-corrected chi connectivity index (χ2v) is 7.59. The van der Waals surface area contributed by atoms with Crippen molar-refractivity contribution in [3.8, 4) is 0 Å². The minimum absolute atomic E-state index is 0.0935. The number of amides is 1. The summed E-state index contributed by atoms with van der Waals surface area (Å²) in [6.07, 6.45) is 2.32. The molecule has 7 heteroatoms. The van der Waals surface area contributed by atoms with E-state index in [9.17, 15) is 14.0 Å². The molecule has 0 unspecified atom stereocenters. The molecule has 0 spiro atoms. The van der Waals surface area contributed by atoms with E-state index in [1.165, 1.54) is 23.2 Å².